The van der Waals surface area contributed by atoms with E-state index in [0.717, 1.165) is 19.6 Å². The van der Waals surface area contributed by atoms with Crippen LogP contribution in [0, 0.1) is 0 Å². The summed E-state index contributed by atoms with van der Waals surface area (Å²) in [5, 5.41) is 0. The van der Waals surface area contributed by atoms with Crippen LogP contribution in [-0.2, 0) is 4.79 Å². The zero-order chi connectivity index (χ0) is 11.4. The Hall–Kier alpha value is -0.830. The number of amides is 1. The van der Waals surface area contributed by atoms with E-state index < -0.39 is 0 Å². The molecule has 2 aliphatic rings. The second-order valence-corrected chi connectivity index (χ2v) is 4.89. The molecule has 1 saturated carbocycles. The van der Waals surface area contributed by atoms with Gasteiger partial charge in [-0.15, -0.1) is 6.58 Å². The minimum atomic E-state index is 0.306. The molecule has 0 radical (unpaired) electrons. The maximum absolute atomic E-state index is 11.9. The van der Waals surface area contributed by atoms with Gasteiger partial charge in [0.25, 0.3) is 0 Å². The molecule has 1 aliphatic carbocycles. The van der Waals surface area contributed by atoms with Crippen molar-refractivity contribution in [3.63, 3.8) is 0 Å². The fraction of sp³-hybridized carbons (Fsp3) is 0.769. The van der Waals surface area contributed by atoms with E-state index in [1.54, 1.807) is 0 Å². The number of rotatable bonds is 5. The van der Waals surface area contributed by atoms with Gasteiger partial charge in [-0.05, 0) is 19.3 Å². The summed E-state index contributed by atoms with van der Waals surface area (Å²) in [4.78, 5) is 16.2. The smallest absolute Gasteiger partial charge is 0.236 e. The number of hydrogen-bond acceptors (Lipinski definition) is 2. The lowest BCUT2D eigenvalue weighted by atomic mass is 10.2. The summed E-state index contributed by atoms with van der Waals surface area (Å²) in [5.41, 5.74) is 0. The summed E-state index contributed by atoms with van der Waals surface area (Å²) in [6, 6.07) is 0.614. The molecule has 1 amide bonds. The van der Waals surface area contributed by atoms with Crippen LogP contribution in [0.4, 0.5) is 0 Å². The topological polar surface area (TPSA) is 23.6 Å². The van der Waals surface area contributed by atoms with Gasteiger partial charge in [-0.1, -0.05) is 18.9 Å². The van der Waals surface area contributed by atoms with Crippen LogP contribution in [0.25, 0.3) is 0 Å². The Balaban J connectivity index is 1.85. The lowest BCUT2D eigenvalue weighted by molar-refractivity contribution is -0.136. The maximum atomic E-state index is 11.9. The number of nitrogens with zero attached hydrogens (tertiary/aromatic N) is 2. The normalized spacial score (nSPS) is 21.2. The van der Waals surface area contributed by atoms with Crippen LogP contribution in [-0.4, -0.2) is 47.9 Å². The molecule has 0 aromatic heterocycles. The molecular formula is C13H22N2O. The van der Waals surface area contributed by atoms with Crippen molar-refractivity contribution in [1.82, 2.24) is 9.80 Å². The van der Waals surface area contributed by atoms with Crippen molar-refractivity contribution < 1.29 is 4.79 Å². The van der Waals surface area contributed by atoms with Crippen molar-refractivity contribution in [1.29, 1.82) is 0 Å². The molecule has 0 unspecified atom stereocenters. The van der Waals surface area contributed by atoms with E-state index in [4.69, 9.17) is 0 Å². The first-order valence-electron chi connectivity index (χ1n) is 6.44. The molecule has 90 valence electrons. The summed E-state index contributed by atoms with van der Waals surface area (Å²) < 4.78 is 0. The molecule has 16 heavy (non-hydrogen) atoms. The SMILES string of the molecule is C=CCN(CC(=O)N1CCC1)C1CCCC1. The molecule has 0 N–H and O–H groups in total. The third kappa shape index (κ3) is 2.64. The maximum Gasteiger partial charge on any atom is 0.236 e. The van der Waals surface area contributed by atoms with Gasteiger partial charge in [0.1, 0.15) is 0 Å². The standard InChI is InChI=1S/C13H22N2O/c1-2-8-15(12-6-3-4-7-12)11-13(16)14-9-5-10-14/h2,12H,1,3-11H2. The molecule has 1 saturated heterocycles. The van der Waals surface area contributed by atoms with Crippen molar-refractivity contribution in [2.24, 2.45) is 0 Å². The highest BCUT2D eigenvalue weighted by Gasteiger charge is 2.27. The molecule has 0 bridgehead atoms. The first kappa shape index (κ1) is 11.6. The minimum absolute atomic E-state index is 0.306. The summed E-state index contributed by atoms with van der Waals surface area (Å²) in [6.45, 7) is 7.16. The first-order chi connectivity index (χ1) is 7.81. The Bertz CT molecular complexity index is 255. The second kappa shape index (κ2) is 5.48. The second-order valence-electron chi connectivity index (χ2n) is 4.89. The highest BCUT2D eigenvalue weighted by molar-refractivity contribution is 5.79. The quantitative estimate of drug-likeness (QED) is 0.660. The number of carbonyl (C=O) groups is 1. The Morgan fingerprint density at radius 3 is 2.50 bits per heavy atom. The molecule has 2 fully saturated rings. The van der Waals surface area contributed by atoms with Crippen LogP contribution in [0.3, 0.4) is 0 Å². The van der Waals surface area contributed by atoms with Gasteiger partial charge in [0.05, 0.1) is 6.54 Å². The Morgan fingerprint density at radius 2 is 2.00 bits per heavy atom. The van der Waals surface area contributed by atoms with E-state index in [1.165, 1.54) is 32.1 Å². The van der Waals surface area contributed by atoms with Gasteiger partial charge in [-0.3, -0.25) is 9.69 Å². The van der Waals surface area contributed by atoms with E-state index in [-0.39, 0.29) is 0 Å². The third-order valence-corrected chi connectivity index (χ3v) is 3.75. The van der Waals surface area contributed by atoms with E-state index in [2.05, 4.69) is 11.5 Å². The van der Waals surface area contributed by atoms with Gasteiger partial charge in [0.2, 0.25) is 5.91 Å². The van der Waals surface area contributed by atoms with Crippen molar-refractivity contribution >= 4 is 5.91 Å². The average Bonchev–Trinajstić information content (AvgIpc) is 2.66. The molecule has 0 atom stereocenters. The van der Waals surface area contributed by atoms with Crippen LogP contribution in [0.1, 0.15) is 32.1 Å². The van der Waals surface area contributed by atoms with Crippen molar-refractivity contribution in [3.8, 4) is 0 Å². The summed E-state index contributed by atoms with van der Waals surface area (Å²) in [6.07, 6.45) is 8.23. The van der Waals surface area contributed by atoms with Gasteiger partial charge in [0, 0.05) is 25.7 Å². The Morgan fingerprint density at radius 1 is 1.31 bits per heavy atom. The van der Waals surface area contributed by atoms with Crippen molar-refractivity contribution in [3.05, 3.63) is 12.7 Å². The summed E-state index contributed by atoms with van der Waals surface area (Å²) >= 11 is 0. The van der Waals surface area contributed by atoms with E-state index in [9.17, 15) is 4.79 Å². The van der Waals surface area contributed by atoms with Crippen molar-refractivity contribution in [2.45, 2.75) is 38.1 Å². The van der Waals surface area contributed by atoms with Gasteiger partial charge < -0.3 is 4.90 Å². The minimum Gasteiger partial charge on any atom is -0.341 e. The third-order valence-electron chi connectivity index (χ3n) is 3.75. The average molecular weight is 222 g/mol. The molecule has 3 nitrogen and oxygen atoms in total. The van der Waals surface area contributed by atoms with Crippen LogP contribution in [0.5, 0.6) is 0 Å². The largest absolute Gasteiger partial charge is 0.341 e. The number of carbonyl (C=O) groups excluding carboxylic acids is 1. The monoisotopic (exact) mass is 222 g/mol. The fourth-order valence-electron chi connectivity index (χ4n) is 2.62. The van der Waals surface area contributed by atoms with Crippen LogP contribution in [0.15, 0.2) is 12.7 Å². The van der Waals surface area contributed by atoms with E-state index in [0.29, 0.717) is 18.5 Å². The zero-order valence-corrected chi connectivity index (χ0v) is 10.0. The lowest BCUT2D eigenvalue weighted by Gasteiger charge is -2.34. The molecule has 0 aromatic rings. The molecule has 0 aromatic carbocycles. The molecule has 1 aliphatic heterocycles. The number of hydrogen-bond donors (Lipinski definition) is 0. The molecule has 3 heteroatoms. The lowest BCUT2D eigenvalue weighted by Crippen LogP contribution is -2.49. The van der Waals surface area contributed by atoms with Crippen LogP contribution in [0.2, 0.25) is 0 Å². The summed E-state index contributed by atoms with van der Waals surface area (Å²) in [5.74, 6) is 0.306. The van der Waals surface area contributed by atoms with Gasteiger partial charge in [0.15, 0.2) is 0 Å². The number of likely N-dealkylation sites (tertiary alicyclic amines) is 1. The first-order valence-corrected chi connectivity index (χ1v) is 6.44. The Kier molecular flexibility index (Phi) is 3.99. The van der Waals surface area contributed by atoms with E-state index in [1.807, 2.05) is 11.0 Å². The van der Waals surface area contributed by atoms with Crippen LogP contribution < -0.4 is 0 Å². The van der Waals surface area contributed by atoms with Crippen LogP contribution >= 0.6 is 0 Å². The van der Waals surface area contributed by atoms with Gasteiger partial charge >= 0.3 is 0 Å². The molecule has 1 heterocycles. The highest BCUT2D eigenvalue weighted by atomic mass is 16.2. The summed E-state index contributed by atoms with van der Waals surface area (Å²) in [7, 11) is 0. The van der Waals surface area contributed by atoms with E-state index >= 15 is 0 Å². The molecule has 2 rings (SSSR count). The Labute approximate surface area is 98.1 Å². The van der Waals surface area contributed by atoms with Crippen molar-refractivity contribution in [2.75, 3.05) is 26.2 Å². The van der Waals surface area contributed by atoms with Gasteiger partial charge in [-0.2, -0.15) is 0 Å². The molecular weight excluding hydrogens is 200 g/mol. The van der Waals surface area contributed by atoms with Gasteiger partial charge in [-0.25, -0.2) is 0 Å². The zero-order valence-electron chi connectivity index (χ0n) is 10.0. The molecule has 0 spiro atoms. The predicted octanol–water partition coefficient (Wildman–Crippen LogP) is 1.65. The predicted molar refractivity (Wildman–Crippen MR) is 65.2 cm³/mol. The highest BCUT2D eigenvalue weighted by Crippen LogP contribution is 2.23. The fourth-order valence-corrected chi connectivity index (χ4v) is 2.62.